The van der Waals surface area contributed by atoms with Crippen LogP contribution in [-0.4, -0.2) is 39.5 Å². The van der Waals surface area contributed by atoms with Crippen molar-refractivity contribution >= 4 is 23.3 Å². The van der Waals surface area contributed by atoms with E-state index >= 15 is 0 Å². The summed E-state index contributed by atoms with van der Waals surface area (Å²) < 4.78 is 27.8. The molecule has 182 valence electrons. The van der Waals surface area contributed by atoms with Gasteiger partial charge in [0, 0.05) is 31.0 Å². The summed E-state index contributed by atoms with van der Waals surface area (Å²) in [7, 11) is 0. The molecule has 35 heavy (non-hydrogen) atoms. The second-order valence-corrected chi connectivity index (χ2v) is 8.66. The molecular formula is C26H25F2N3O4. The predicted octanol–water partition coefficient (Wildman–Crippen LogP) is 4.28. The van der Waals surface area contributed by atoms with Gasteiger partial charge in [-0.25, -0.2) is 8.78 Å². The van der Waals surface area contributed by atoms with E-state index in [0.29, 0.717) is 37.2 Å². The molecular weight excluding hydrogens is 456 g/mol. The van der Waals surface area contributed by atoms with Crippen LogP contribution in [0.3, 0.4) is 0 Å². The molecule has 2 heterocycles. The van der Waals surface area contributed by atoms with Crippen molar-refractivity contribution in [1.82, 2.24) is 9.47 Å². The lowest BCUT2D eigenvalue weighted by Gasteiger charge is -2.33. The van der Waals surface area contributed by atoms with E-state index in [2.05, 4.69) is 5.32 Å². The standard InChI is InChI=1S/C26H25F2N3O4/c1-16-12-20(28)6-7-22(16)29-23-13-24(32)31(15-25(33)34)14-21(23)26(35)30-10-8-18(9-11-30)17-2-4-19(27)5-3-17/h2-7,12-14,18,29H,8-11,15H2,1H3,(H,33,34). The zero-order chi connectivity index (χ0) is 25.1. The second kappa shape index (κ2) is 10.1. The van der Waals surface area contributed by atoms with E-state index in [-0.39, 0.29) is 28.9 Å². The molecule has 1 aliphatic rings. The number of halogens is 2. The highest BCUT2D eigenvalue weighted by molar-refractivity contribution is 6.00. The Morgan fingerprint density at radius 1 is 1.00 bits per heavy atom. The number of anilines is 2. The zero-order valence-corrected chi connectivity index (χ0v) is 19.1. The average Bonchev–Trinajstić information content (AvgIpc) is 2.82. The van der Waals surface area contributed by atoms with E-state index < -0.39 is 23.9 Å². The third-order valence-corrected chi connectivity index (χ3v) is 6.24. The van der Waals surface area contributed by atoms with Crippen molar-refractivity contribution < 1.29 is 23.5 Å². The van der Waals surface area contributed by atoms with Gasteiger partial charge in [0.05, 0.1) is 11.3 Å². The Bertz CT molecular complexity index is 1310. The highest BCUT2D eigenvalue weighted by Crippen LogP contribution is 2.30. The molecule has 2 aromatic carbocycles. The molecule has 0 aliphatic carbocycles. The van der Waals surface area contributed by atoms with Crippen molar-refractivity contribution in [3.8, 4) is 0 Å². The summed E-state index contributed by atoms with van der Waals surface area (Å²) in [6, 6.07) is 11.7. The van der Waals surface area contributed by atoms with Gasteiger partial charge in [0.2, 0.25) is 0 Å². The zero-order valence-electron chi connectivity index (χ0n) is 19.1. The number of rotatable bonds is 6. The fourth-order valence-corrected chi connectivity index (χ4v) is 4.35. The van der Waals surface area contributed by atoms with Crippen LogP contribution in [0.1, 0.15) is 40.2 Å². The van der Waals surface area contributed by atoms with E-state index in [1.54, 1.807) is 24.0 Å². The molecule has 9 heteroatoms. The topological polar surface area (TPSA) is 91.6 Å². The number of benzene rings is 2. The van der Waals surface area contributed by atoms with Crippen LogP contribution in [0, 0.1) is 18.6 Å². The number of carboxylic acid groups (broad SMARTS) is 1. The van der Waals surface area contributed by atoms with Crippen LogP contribution in [0.5, 0.6) is 0 Å². The van der Waals surface area contributed by atoms with Crippen LogP contribution in [0.2, 0.25) is 0 Å². The Balaban J connectivity index is 1.61. The Kier molecular flexibility index (Phi) is 6.95. The number of aromatic nitrogens is 1. The maximum absolute atomic E-state index is 13.5. The minimum Gasteiger partial charge on any atom is -0.480 e. The number of pyridine rings is 1. The molecule has 1 aliphatic heterocycles. The lowest BCUT2D eigenvalue weighted by molar-refractivity contribution is -0.137. The molecule has 4 rings (SSSR count). The van der Waals surface area contributed by atoms with Gasteiger partial charge in [0.15, 0.2) is 0 Å². The minimum atomic E-state index is -1.21. The van der Waals surface area contributed by atoms with Gasteiger partial charge in [-0.1, -0.05) is 12.1 Å². The Hall–Kier alpha value is -4.01. The monoisotopic (exact) mass is 481 g/mol. The van der Waals surface area contributed by atoms with Crippen LogP contribution in [0.15, 0.2) is 59.5 Å². The first-order valence-corrected chi connectivity index (χ1v) is 11.3. The maximum atomic E-state index is 13.5. The van der Waals surface area contributed by atoms with Gasteiger partial charge in [0.1, 0.15) is 18.2 Å². The number of nitrogens with zero attached hydrogens (tertiary/aromatic N) is 2. The Labute approximate surface area is 200 Å². The van der Waals surface area contributed by atoms with Gasteiger partial charge < -0.3 is 19.9 Å². The van der Waals surface area contributed by atoms with Gasteiger partial charge in [0.25, 0.3) is 11.5 Å². The largest absolute Gasteiger partial charge is 0.480 e. The minimum absolute atomic E-state index is 0.148. The van der Waals surface area contributed by atoms with Crippen LogP contribution in [-0.2, 0) is 11.3 Å². The normalized spacial score (nSPS) is 14.1. The fourth-order valence-electron chi connectivity index (χ4n) is 4.35. The molecule has 7 nitrogen and oxygen atoms in total. The molecule has 0 saturated carbocycles. The molecule has 0 radical (unpaired) electrons. The number of aliphatic carboxylic acids is 1. The maximum Gasteiger partial charge on any atom is 0.323 e. The molecule has 2 N–H and O–H groups in total. The van der Waals surface area contributed by atoms with Crippen molar-refractivity contribution in [1.29, 1.82) is 0 Å². The summed E-state index contributed by atoms with van der Waals surface area (Å²) in [5, 5.41) is 12.2. The van der Waals surface area contributed by atoms with E-state index in [0.717, 1.165) is 10.1 Å². The number of likely N-dealkylation sites (tertiary alicyclic amines) is 1. The quantitative estimate of drug-likeness (QED) is 0.548. The first-order valence-electron chi connectivity index (χ1n) is 11.3. The third-order valence-electron chi connectivity index (χ3n) is 6.24. The first kappa shape index (κ1) is 24.1. The van der Waals surface area contributed by atoms with E-state index in [1.165, 1.54) is 42.6 Å². The van der Waals surface area contributed by atoms with Gasteiger partial charge in [-0.3, -0.25) is 14.4 Å². The lowest BCUT2D eigenvalue weighted by Crippen LogP contribution is -2.39. The van der Waals surface area contributed by atoms with Gasteiger partial charge in [-0.05, 0) is 67.1 Å². The van der Waals surface area contributed by atoms with Crippen molar-refractivity contribution in [3.63, 3.8) is 0 Å². The Morgan fingerprint density at radius 3 is 2.29 bits per heavy atom. The second-order valence-electron chi connectivity index (χ2n) is 8.66. The summed E-state index contributed by atoms with van der Waals surface area (Å²) in [6.07, 6.45) is 2.63. The number of piperidine rings is 1. The molecule has 1 saturated heterocycles. The summed E-state index contributed by atoms with van der Waals surface area (Å²) in [6.45, 7) is 2.02. The fraction of sp³-hybridized carbons (Fsp3) is 0.269. The molecule has 1 aromatic heterocycles. The average molecular weight is 481 g/mol. The van der Waals surface area contributed by atoms with Crippen molar-refractivity contribution in [2.24, 2.45) is 0 Å². The smallest absolute Gasteiger partial charge is 0.323 e. The summed E-state index contributed by atoms with van der Waals surface area (Å²) in [5.74, 6) is -2.07. The summed E-state index contributed by atoms with van der Waals surface area (Å²) in [5.41, 5.74) is 1.90. The number of carboxylic acids is 1. The van der Waals surface area contributed by atoms with Gasteiger partial charge in [-0.2, -0.15) is 0 Å². The molecule has 0 bridgehead atoms. The molecule has 1 fully saturated rings. The number of amides is 1. The predicted molar refractivity (Wildman–Crippen MR) is 127 cm³/mol. The van der Waals surface area contributed by atoms with Crippen LogP contribution >= 0.6 is 0 Å². The lowest BCUT2D eigenvalue weighted by atomic mass is 9.89. The van der Waals surface area contributed by atoms with Crippen molar-refractivity contribution in [2.45, 2.75) is 32.2 Å². The molecule has 1 amide bonds. The van der Waals surface area contributed by atoms with Crippen molar-refractivity contribution in [2.75, 3.05) is 18.4 Å². The molecule has 0 spiro atoms. The highest BCUT2D eigenvalue weighted by atomic mass is 19.1. The van der Waals surface area contributed by atoms with E-state index in [9.17, 15) is 23.2 Å². The van der Waals surface area contributed by atoms with Gasteiger partial charge in [-0.15, -0.1) is 0 Å². The first-order chi connectivity index (χ1) is 16.7. The summed E-state index contributed by atoms with van der Waals surface area (Å²) in [4.78, 5) is 38.9. The van der Waals surface area contributed by atoms with Crippen LogP contribution in [0.25, 0.3) is 0 Å². The number of carbonyl (C=O) groups is 2. The number of hydrogen-bond acceptors (Lipinski definition) is 4. The molecule has 0 atom stereocenters. The van der Waals surface area contributed by atoms with Gasteiger partial charge >= 0.3 is 5.97 Å². The van der Waals surface area contributed by atoms with E-state index in [1.807, 2.05) is 0 Å². The van der Waals surface area contributed by atoms with E-state index in [4.69, 9.17) is 5.11 Å². The highest BCUT2D eigenvalue weighted by Gasteiger charge is 2.27. The third kappa shape index (κ3) is 5.56. The summed E-state index contributed by atoms with van der Waals surface area (Å²) >= 11 is 0. The molecule has 3 aromatic rings. The SMILES string of the molecule is Cc1cc(F)ccc1Nc1cc(=O)n(CC(=O)O)cc1C(=O)N1CCC(c2ccc(F)cc2)CC1. The number of aryl methyl sites for hydroxylation is 1. The number of hydrogen-bond donors (Lipinski definition) is 2. The van der Waals surface area contributed by atoms with Crippen LogP contribution in [0.4, 0.5) is 20.2 Å². The number of carbonyl (C=O) groups excluding carboxylic acids is 1. The van der Waals surface area contributed by atoms with Crippen molar-refractivity contribution in [3.05, 3.63) is 93.4 Å². The Morgan fingerprint density at radius 2 is 1.66 bits per heavy atom. The van der Waals surface area contributed by atoms with Crippen LogP contribution < -0.4 is 10.9 Å². The molecule has 0 unspecified atom stereocenters. The number of nitrogens with one attached hydrogen (secondary N) is 1.